The van der Waals surface area contributed by atoms with Crippen LogP contribution < -0.4 is 11.1 Å². The zero-order valence-corrected chi connectivity index (χ0v) is 9.85. The Morgan fingerprint density at radius 2 is 2.12 bits per heavy atom. The van der Waals surface area contributed by atoms with Gasteiger partial charge in [-0.2, -0.15) is 4.98 Å². The van der Waals surface area contributed by atoms with Crippen LogP contribution >= 0.6 is 0 Å². The summed E-state index contributed by atoms with van der Waals surface area (Å²) in [6.07, 6.45) is 3.19. The van der Waals surface area contributed by atoms with Gasteiger partial charge in [-0.25, -0.2) is 4.98 Å². The number of aliphatic hydroxyl groups excluding tert-OH is 1. The highest BCUT2D eigenvalue weighted by Crippen LogP contribution is 2.13. The van der Waals surface area contributed by atoms with Crippen LogP contribution in [0.3, 0.4) is 0 Å². The van der Waals surface area contributed by atoms with Crippen LogP contribution in [0.4, 0.5) is 11.8 Å². The molecule has 0 spiro atoms. The highest BCUT2D eigenvalue weighted by atomic mass is 16.3. The lowest BCUT2D eigenvalue weighted by Crippen LogP contribution is -2.28. The Labute approximate surface area is 96.1 Å². The second kappa shape index (κ2) is 6.27. The van der Waals surface area contributed by atoms with Gasteiger partial charge in [0, 0.05) is 12.7 Å². The fraction of sp³-hybridized carbons (Fsp3) is 0.636. The summed E-state index contributed by atoms with van der Waals surface area (Å²) in [5, 5.41) is 13.0. The van der Waals surface area contributed by atoms with E-state index in [2.05, 4.69) is 29.1 Å². The molecule has 1 rings (SSSR count). The van der Waals surface area contributed by atoms with E-state index < -0.39 is 0 Å². The van der Waals surface area contributed by atoms with Crippen LogP contribution in [0.25, 0.3) is 0 Å². The highest BCUT2D eigenvalue weighted by Gasteiger charge is 2.14. The van der Waals surface area contributed by atoms with E-state index in [0.717, 1.165) is 12.8 Å². The molecule has 90 valence electrons. The lowest BCUT2D eigenvalue weighted by Gasteiger charge is -2.20. The number of hydrogen-bond donors (Lipinski definition) is 3. The standard InChI is InChI=1S/C11H20N4O/c1-3-8(4-2)9(16)7-14-10-5-6-13-11(12)15-10/h5-6,8-9,16H,3-4,7H2,1-2H3,(H3,12,13,14,15). The van der Waals surface area contributed by atoms with Gasteiger partial charge in [0.25, 0.3) is 0 Å². The second-order valence-electron chi connectivity index (χ2n) is 3.82. The summed E-state index contributed by atoms with van der Waals surface area (Å²) >= 11 is 0. The van der Waals surface area contributed by atoms with Crippen molar-refractivity contribution < 1.29 is 5.11 Å². The van der Waals surface area contributed by atoms with E-state index >= 15 is 0 Å². The SMILES string of the molecule is CCC(CC)C(O)CNc1ccnc(N)n1. The second-order valence-corrected chi connectivity index (χ2v) is 3.82. The molecule has 0 aromatic carbocycles. The predicted octanol–water partition coefficient (Wildman–Crippen LogP) is 1.27. The van der Waals surface area contributed by atoms with Crippen LogP contribution in [0.15, 0.2) is 12.3 Å². The van der Waals surface area contributed by atoms with Crippen LogP contribution in [-0.4, -0.2) is 27.7 Å². The van der Waals surface area contributed by atoms with Crippen LogP contribution in [0.2, 0.25) is 0 Å². The van der Waals surface area contributed by atoms with E-state index in [9.17, 15) is 5.11 Å². The fourth-order valence-electron chi connectivity index (χ4n) is 1.68. The highest BCUT2D eigenvalue weighted by molar-refractivity contribution is 5.37. The molecule has 1 unspecified atom stereocenters. The van der Waals surface area contributed by atoms with Crippen molar-refractivity contribution >= 4 is 11.8 Å². The molecule has 5 nitrogen and oxygen atoms in total. The molecule has 0 amide bonds. The molecule has 0 aliphatic rings. The first-order valence-corrected chi connectivity index (χ1v) is 5.67. The maximum absolute atomic E-state index is 9.90. The normalized spacial score (nSPS) is 12.8. The third kappa shape index (κ3) is 3.66. The molecule has 1 atom stereocenters. The van der Waals surface area contributed by atoms with Crippen LogP contribution in [0, 0.1) is 5.92 Å². The van der Waals surface area contributed by atoms with E-state index in [1.165, 1.54) is 0 Å². The van der Waals surface area contributed by atoms with Gasteiger partial charge in [-0.1, -0.05) is 26.7 Å². The Kier molecular flexibility index (Phi) is 4.98. The number of nitrogens with zero attached hydrogens (tertiary/aromatic N) is 2. The first-order chi connectivity index (χ1) is 7.67. The number of nitrogens with two attached hydrogens (primary N) is 1. The summed E-state index contributed by atoms with van der Waals surface area (Å²) in [5.74, 6) is 1.21. The minimum Gasteiger partial charge on any atom is -0.391 e. The molecule has 16 heavy (non-hydrogen) atoms. The van der Waals surface area contributed by atoms with Gasteiger partial charge >= 0.3 is 0 Å². The van der Waals surface area contributed by atoms with E-state index in [4.69, 9.17) is 5.73 Å². The summed E-state index contributed by atoms with van der Waals surface area (Å²) in [6, 6.07) is 1.73. The van der Waals surface area contributed by atoms with E-state index in [0.29, 0.717) is 18.3 Å². The summed E-state index contributed by atoms with van der Waals surface area (Å²) in [7, 11) is 0. The molecule has 0 aliphatic carbocycles. The maximum Gasteiger partial charge on any atom is 0.221 e. The number of nitrogens with one attached hydrogen (secondary N) is 1. The summed E-state index contributed by atoms with van der Waals surface area (Å²) in [5.41, 5.74) is 5.45. The molecule has 4 N–H and O–H groups in total. The minimum atomic E-state index is -0.355. The lowest BCUT2D eigenvalue weighted by atomic mass is 9.97. The van der Waals surface area contributed by atoms with Crippen LogP contribution in [-0.2, 0) is 0 Å². The molecule has 0 fully saturated rings. The van der Waals surface area contributed by atoms with Crippen molar-refractivity contribution in [1.82, 2.24) is 9.97 Å². The topological polar surface area (TPSA) is 84.1 Å². The monoisotopic (exact) mass is 224 g/mol. The molecular weight excluding hydrogens is 204 g/mol. The Morgan fingerprint density at radius 3 is 2.69 bits per heavy atom. The van der Waals surface area contributed by atoms with Gasteiger partial charge < -0.3 is 16.2 Å². The Balaban J connectivity index is 2.45. The molecule has 5 heteroatoms. The Morgan fingerprint density at radius 1 is 1.44 bits per heavy atom. The number of aromatic nitrogens is 2. The van der Waals surface area contributed by atoms with Gasteiger partial charge in [0.1, 0.15) is 5.82 Å². The van der Waals surface area contributed by atoms with Gasteiger partial charge in [-0.3, -0.25) is 0 Å². The van der Waals surface area contributed by atoms with Crippen molar-refractivity contribution in [1.29, 1.82) is 0 Å². The number of nitrogen functional groups attached to an aromatic ring is 1. The molecule has 1 aromatic rings. The van der Waals surface area contributed by atoms with Crippen molar-refractivity contribution in [2.45, 2.75) is 32.8 Å². The van der Waals surface area contributed by atoms with Crippen molar-refractivity contribution in [2.75, 3.05) is 17.6 Å². The number of anilines is 2. The van der Waals surface area contributed by atoms with Crippen molar-refractivity contribution in [3.63, 3.8) is 0 Å². The molecule has 1 heterocycles. The summed E-state index contributed by atoms with van der Waals surface area (Å²) < 4.78 is 0. The lowest BCUT2D eigenvalue weighted by molar-refractivity contribution is 0.114. The first kappa shape index (κ1) is 12.7. The maximum atomic E-state index is 9.90. The molecular formula is C11H20N4O. The molecule has 0 bridgehead atoms. The molecule has 1 aromatic heterocycles. The summed E-state index contributed by atoms with van der Waals surface area (Å²) in [4.78, 5) is 7.80. The van der Waals surface area contributed by atoms with E-state index in [1.807, 2.05) is 0 Å². The molecule has 0 aliphatic heterocycles. The summed E-state index contributed by atoms with van der Waals surface area (Å²) in [6.45, 7) is 4.66. The average molecular weight is 224 g/mol. The smallest absolute Gasteiger partial charge is 0.221 e. The largest absolute Gasteiger partial charge is 0.391 e. The third-order valence-electron chi connectivity index (χ3n) is 2.76. The molecule has 0 saturated carbocycles. The van der Waals surface area contributed by atoms with E-state index in [1.54, 1.807) is 12.3 Å². The van der Waals surface area contributed by atoms with Gasteiger partial charge in [-0.05, 0) is 12.0 Å². The first-order valence-electron chi connectivity index (χ1n) is 5.67. The Bertz CT molecular complexity index is 315. The van der Waals surface area contributed by atoms with Crippen molar-refractivity contribution in [2.24, 2.45) is 5.92 Å². The molecule has 0 saturated heterocycles. The van der Waals surface area contributed by atoms with Gasteiger partial charge in [-0.15, -0.1) is 0 Å². The number of hydrogen-bond acceptors (Lipinski definition) is 5. The van der Waals surface area contributed by atoms with E-state index in [-0.39, 0.29) is 12.1 Å². The quantitative estimate of drug-likeness (QED) is 0.677. The Hall–Kier alpha value is -1.36. The minimum absolute atomic E-state index is 0.238. The number of rotatable bonds is 6. The predicted molar refractivity (Wildman–Crippen MR) is 65.0 cm³/mol. The molecule has 0 radical (unpaired) electrons. The van der Waals surface area contributed by atoms with Gasteiger partial charge in [0.05, 0.1) is 6.10 Å². The van der Waals surface area contributed by atoms with Crippen LogP contribution in [0.1, 0.15) is 26.7 Å². The number of aliphatic hydroxyl groups is 1. The van der Waals surface area contributed by atoms with Gasteiger partial charge in [0.15, 0.2) is 0 Å². The zero-order valence-electron chi connectivity index (χ0n) is 9.85. The average Bonchev–Trinajstić information content (AvgIpc) is 2.28. The van der Waals surface area contributed by atoms with Crippen LogP contribution in [0.5, 0.6) is 0 Å². The van der Waals surface area contributed by atoms with Gasteiger partial charge in [0.2, 0.25) is 5.95 Å². The fourth-order valence-corrected chi connectivity index (χ4v) is 1.68. The third-order valence-corrected chi connectivity index (χ3v) is 2.76. The van der Waals surface area contributed by atoms with Crippen molar-refractivity contribution in [3.05, 3.63) is 12.3 Å². The van der Waals surface area contributed by atoms with Crippen molar-refractivity contribution in [3.8, 4) is 0 Å². The zero-order chi connectivity index (χ0) is 12.0.